The van der Waals surface area contributed by atoms with Crippen LogP contribution in [-0.2, 0) is 6.42 Å². The van der Waals surface area contributed by atoms with Gasteiger partial charge in [0.2, 0.25) is 0 Å². The maximum atomic E-state index is 12.3. The van der Waals surface area contributed by atoms with Crippen LogP contribution in [0.1, 0.15) is 16.5 Å². The van der Waals surface area contributed by atoms with Gasteiger partial charge in [0.05, 0.1) is 5.37 Å². The SMILES string of the molecule is FC(F)(F)SC1NCCc2ccccc21. The summed E-state index contributed by atoms with van der Waals surface area (Å²) in [5, 5.41) is 2.22. The van der Waals surface area contributed by atoms with Crippen molar-refractivity contribution in [2.24, 2.45) is 0 Å². The van der Waals surface area contributed by atoms with Crippen molar-refractivity contribution in [2.75, 3.05) is 6.54 Å². The number of rotatable bonds is 1. The van der Waals surface area contributed by atoms with Gasteiger partial charge in [-0.3, -0.25) is 0 Å². The lowest BCUT2D eigenvalue weighted by Crippen LogP contribution is -2.29. The predicted octanol–water partition coefficient (Wildman–Crippen LogP) is 3.08. The van der Waals surface area contributed by atoms with Gasteiger partial charge in [-0.15, -0.1) is 0 Å². The lowest BCUT2D eigenvalue weighted by molar-refractivity contribution is -0.0336. The lowest BCUT2D eigenvalue weighted by Gasteiger charge is -2.26. The van der Waals surface area contributed by atoms with E-state index in [2.05, 4.69) is 5.32 Å². The summed E-state index contributed by atoms with van der Waals surface area (Å²) in [4.78, 5) is 0. The van der Waals surface area contributed by atoms with Crippen LogP contribution in [0.5, 0.6) is 0 Å². The molecule has 1 aromatic rings. The Bertz CT molecular complexity index is 351. The highest BCUT2D eigenvalue weighted by Gasteiger charge is 2.35. The summed E-state index contributed by atoms with van der Waals surface area (Å²) in [7, 11) is 0. The van der Waals surface area contributed by atoms with E-state index in [1.807, 2.05) is 12.1 Å². The van der Waals surface area contributed by atoms with Crippen LogP contribution >= 0.6 is 11.8 Å². The predicted molar refractivity (Wildman–Crippen MR) is 54.5 cm³/mol. The fourth-order valence-corrected chi connectivity index (χ4v) is 2.53. The van der Waals surface area contributed by atoms with E-state index < -0.39 is 10.9 Å². The molecule has 1 nitrogen and oxygen atoms in total. The number of benzene rings is 1. The minimum absolute atomic E-state index is 0.00926. The van der Waals surface area contributed by atoms with Crippen molar-refractivity contribution in [1.82, 2.24) is 5.32 Å². The summed E-state index contributed by atoms with van der Waals surface area (Å²) in [5.41, 5.74) is -2.42. The van der Waals surface area contributed by atoms with Gasteiger partial charge in [-0.25, -0.2) is 0 Å². The molecule has 0 fully saturated rings. The average Bonchev–Trinajstić information content (AvgIpc) is 2.16. The molecule has 0 bridgehead atoms. The van der Waals surface area contributed by atoms with Gasteiger partial charge in [0, 0.05) is 6.54 Å². The number of hydrogen-bond acceptors (Lipinski definition) is 2. The first-order chi connectivity index (χ1) is 7.06. The summed E-state index contributed by atoms with van der Waals surface area (Å²) >= 11 is 0.00926. The van der Waals surface area contributed by atoms with Gasteiger partial charge in [0.25, 0.3) is 0 Å². The smallest absolute Gasteiger partial charge is 0.301 e. The summed E-state index contributed by atoms with van der Waals surface area (Å²) in [6, 6.07) is 7.28. The second kappa shape index (κ2) is 4.06. The molecule has 2 rings (SSSR count). The quantitative estimate of drug-likeness (QED) is 0.800. The number of hydrogen-bond donors (Lipinski definition) is 1. The fourth-order valence-electron chi connectivity index (χ4n) is 1.70. The first-order valence-corrected chi connectivity index (χ1v) is 5.50. The molecule has 0 aliphatic carbocycles. The molecule has 1 atom stereocenters. The van der Waals surface area contributed by atoms with Gasteiger partial charge < -0.3 is 5.32 Å². The van der Waals surface area contributed by atoms with E-state index in [0.717, 1.165) is 17.5 Å². The molecule has 0 saturated heterocycles. The molecule has 1 N–H and O–H groups in total. The minimum atomic E-state index is -4.19. The van der Waals surface area contributed by atoms with Crippen LogP contribution in [-0.4, -0.2) is 12.1 Å². The van der Waals surface area contributed by atoms with Gasteiger partial charge in [-0.1, -0.05) is 24.3 Å². The van der Waals surface area contributed by atoms with Crippen LogP contribution in [0.4, 0.5) is 13.2 Å². The normalized spacial score (nSPS) is 21.1. The Morgan fingerprint density at radius 2 is 2.00 bits per heavy atom. The van der Waals surface area contributed by atoms with Gasteiger partial charge in [-0.2, -0.15) is 13.2 Å². The van der Waals surface area contributed by atoms with Crippen LogP contribution in [0.2, 0.25) is 0 Å². The van der Waals surface area contributed by atoms with Crippen molar-refractivity contribution in [3.05, 3.63) is 35.4 Å². The van der Waals surface area contributed by atoms with E-state index in [-0.39, 0.29) is 11.8 Å². The molecule has 1 aromatic carbocycles. The van der Waals surface area contributed by atoms with E-state index in [1.54, 1.807) is 12.1 Å². The Kier molecular flexibility index (Phi) is 2.93. The highest BCUT2D eigenvalue weighted by atomic mass is 32.2. The summed E-state index contributed by atoms with van der Waals surface area (Å²) < 4.78 is 36.8. The van der Waals surface area contributed by atoms with Crippen molar-refractivity contribution in [3.8, 4) is 0 Å². The third kappa shape index (κ3) is 2.66. The molecule has 0 saturated carbocycles. The third-order valence-electron chi connectivity index (χ3n) is 2.31. The molecule has 1 heterocycles. The molecule has 1 aliphatic rings. The zero-order valence-electron chi connectivity index (χ0n) is 7.84. The maximum absolute atomic E-state index is 12.3. The molecule has 5 heteroatoms. The number of halogens is 3. The maximum Gasteiger partial charge on any atom is 0.443 e. The zero-order chi connectivity index (χ0) is 10.9. The second-order valence-corrected chi connectivity index (χ2v) is 4.52. The Hall–Kier alpha value is -0.680. The monoisotopic (exact) mass is 233 g/mol. The van der Waals surface area contributed by atoms with Gasteiger partial charge in [-0.05, 0) is 29.3 Å². The summed E-state index contributed by atoms with van der Waals surface area (Å²) in [6.45, 7) is 0.602. The first kappa shape index (κ1) is 10.8. The van der Waals surface area contributed by atoms with Crippen LogP contribution in [0.25, 0.3) is 0 Å². The number of nitrogens with one attached hydrogen (secondary N) is 1. The van der Waals surface area contributed by atoms with Crippen molar-refractivity contribution in [3.63, 3.8) is 0 Å². The van der Waals surface area contributed by atoms with Crippen LogP contribution in [0, 0.1) is 0 Å². The zero-order valence-corrected chi connectivity index (χ0v) is 8.66. The van der Waals surface area contributed by atoms with Crippen molar-refractivity contribution >= 4 is 11.8 Å². The Balaban J connectivity index is 2.22. The first-order valence-electron chi connectivity index (χ1n) is 4.62. The Morgan fingerprint density at radius 3 is 2.73 bits per heavy atom. The molecule has 0 spiro atoms. The van der Waals surface area contributed by atoms with E-state index in [1.165, 1.54) is 0 Å². The van der Waals surface area contributed by atoms with Gasteiger partial charge in [0.1, 0.15) is 0 Å². The number of thioether (sulfide) groups is 1. The van der Waals surface area contributed by atoms with Crippen molar-refractivity contribution in [1.29, 1.82) is 0 Å². The molecule has 82 valence electrons. The molecule has 0 amide bonds. The van der Waals surface area contributed by atoms with E-state index in [0.29, 0.717) is 6.54 Å². The fraction of sp³-hybridized carbons (Fsp3) is 0.400. The molecule has 1 unspecified atom stereocenters. The summed E-state index contributed by atoms with van der Waals surface area (Å²) in [5.74, 6) is 0. The second-order valence-electron chi connectivity index (χ2n) is 3.35. The molecule has 15 heavy (non-hydrogen) atoms. The van der Waals surface area contributed by atoms with Crippen LogP contribution in [0.15, 0.2) is 24.3 Å². The van der Waals surface area contributed by atoms with E-state index in [4.69, 9.17) is 0 Å². The van der Waals surface area contributed by atoms with E-state index >= 15 is 0 Å². The standard InChI is InChI=1S/C10H10F3NS/c11-10(12,13)15-9-8-4-2-1-3-7(8)5-6-14-9/h1-4,9,14H,5-6H2. The number of fused-ring (bicyclic) bond motifs is 1. The average molecular weight is 233 g/mol. The third-order valence-corrected chi connectivity index (χ3v) is 3.24. The largest absolute Gasteiger partial charge is 0.443 e. The Labute approximate surface area is 90.1 Å². The van der Waals surface area contributed by atoms with E-state index in [9.17, 15) is 13.2 Å². The molecule has 0 aromatic heterocycles. The highest BCUT2D eigenvalue weighted by molar-refractivity contribution is 8.00. The Morgan fingerprint density at radius 1 is 1.27 bits per heavy atom. The molecular weight excluding hydrogens is 223 g/mol. The summed E-state index contributed by atoms with van der Waals surface area (Å²) in [6.07, 6.45) is 0.797. The number of alkyl halides is 3. The molecule has 0 radical (unpaired) electrons. The molecule has 1 aliphatic heterocycles. The van der Waals surface area contributed by atoms with Crippen LogP contribution in [0.3, 0.4) is 0 Å². The minimum Gasteiger partial charge on any atom is -0.301 e. The topological polar surface area (TPSA) is 12.0 Å². The lowest BCUT2D eigenvalue weighted by atomic mass is 10.0. The van der Waals surface area contributed by atoms with Crippen molar-refractivity contribution in [2.45, 2.75) is 17.3 Å². The highest BCUT2D eigenvalue weighted by Crippen LogP contribution is 2.42. The molecular formula is C10H10F3NS. The van der Waals surface area contributed by atoms with Crippen molar-refractivity contribution < 1.29 is 13.2 Å². The van der Waals surface area contributed by atoms with Gasteiger partial charge in [0.15, 0.2) is 0 Å². The van der Waals surface area contributed by atoms with Crippen LogP contribution < -0.4 is 5.32 Å². The van der Waals surface area contributed by atoms with Gasteiger partial charge >= 0.3 is 5.51 Å².